The third kappa shape index (κ3) is 2.23. The minimum absolute atomic E-state index is 0.294. The Hall–Kier alpha value is -1.80. The lowest BCUT2D eigenvalue weighted by Gasteiger charge is -2.20. The van der Waals surface area contributed by atoms with Crippen LogP contribution in [0.5, 0.6) is 0 Å². The van der Waals surface area contributed by atoms with Crippen molar-refractivity contribution in [2.45, 2.75) is 6.42 Å². The maximum absolute atomic E-state index is 8.86. The van der Waals surface area contributed by atoms with Crippen molar-refractivity contribution >= 4 is 11.5 Å². The molecule has 0 spiro atoms. The Morgan fingerprint density at radius 3 is 3.06 bits per heavy atom. The molecule has 0 unspecified atom stereocenters. The summed E-state index contributed by atoms with van der Waals surface area (Å²) in [6.07, 6.45) is 0.980. The number of anilines is 2. The summed E-state index contributed by atoms with van der Waals surface area (Å²) in [6, 6.07) is 5.57. The van der Waals surface area contributed by atoms with Crippen molar-refractivity contribution in [3.05, 3.63) is 17.8 Å². The van der Waals surface area contributed by atoms with Gasteiger partial charge in [-0.2, -0.15) is 5.26 Å². The van der Waals surface area contributed by atoms with Crippen LogP contribution in [-0.4, -0.2) is 31.3 Å². The van der Waals surface area contributed by atoms with Gasteiger partial charge < -0.3 is 15.4 Å². The molecule has 0 radical (unpaired) electrons. The van der Waals surface area contributed by atoms with Crippen molar-refractivity contribution in [1.82, 2.24) is 4.98 Å². The molecule has 1 saturated heterocycles. The van der Waals surface area contributed by atoms with Gasteiger partial charge in [-0.05, 0) is 18.6 Å². The Balaban J connectivity index is 2.22. The summed E-state index contributed by atoms with van der Waals surface area (Å²) in [4.78, 5) is 6.36. The third-order valence-corrected chi connectivity index (χ3v) is 2.56. The molecular weight excluding hydrogens is 204 g/mol. The molecule has 0 bridgehead atoms. The number of nitrogens with zero attached hydrogens (tertiary/aromatic N) is 3. The number of hydrogen-bond donors (Lipinski definition) is 1. The van der Waals surface area contributed by atoms with Gasteiger partial charge in [-0.15, -0.1) is 0 Å². The molecule has 16 heavy (non-hydrogen) atoms. The fourth-order valence-electron chi connectivity index (χ4n) is 1.70. The van der Waals surface area contributed by atoms with Crippen LogP contribution in [0.25, 0.3) is 0 Å². The van der Waals surface area contributed by atoms with Crippen molar-refractivity contribution < 1.29 is 4.74 Å². The van der Waals surface area contributed by atoms with Gasteiger partial charge in [0.1, 0.15) is 11.9 Å². The topological polar surface area (TPSA) is 75.2 Å². The monoisotopic (exact) mass is 218 g/mol. The average Bonchev–Trinajstić information content (AvgIpc) is 2.58. The molecule has 0 aromatic carbocycles. The summed E-state index contributed by atoms with van der Waals surface area (Å²) < 4.78 is 5.37. The van der Waals surface area contributed by atoms with Crippen LogP contribution >= 0.6 is 0 Å². The molecule has 0 saturated carbocycles. The van der Waals surface area contributed by atoms with Gasteiger partial charge in [0.2, 0.25) is 0 Å². The van der Waals surface area contributed by atoms with Gasteiger partial charge in [-0.1, -0.05) is 0 Å². The van der Waals surface area contributed by atoms with E-state index in [1.165, 1.54) is 0 Å². The second kappa shape index (κ2) is 4.81. The summed E-state index contributed by atoms with van der Waals surface area (Å²) in [7, 11) is 0. The van der Waals surface area contributed by atoms with Crippen molar-refractivity contribution in [2.24, 2.45) is 0 Å². The van der Waals surface area contributed by atoms with E-state index in [2.05, 4.69) is 9.88 Å². The summed E-state index contributed by atoms with van der Waals surface area (Å²) in [6.45, 7) is 3.20. The maximum Gasteiger partial charge on any atom is 0.165 e. The summed E-state index contributed by atoms with van der Waals surface area (Å²) in [5, 5.41) is 8.86. The number of pyridine rings is 1. The lowest BCUT2D eigenvalue weighted by Crippen LogP contribution is -2.27. The molecule has 1 aliphatic rings. The van der Waals surface area contributed by atoms with E-state index in [1.807, 2.05) is 12.1 Å². The highest BCUT2D eigenvalue weighted by Gasteiger charge is 2.12. The minimum Gasteiger partial charge on any atom is -0.396 e. The van der Waals surface area contributed by atoms with Gasteiger partial charge in [0.15, 0.2) is 5.69 Å². The lowest BCUT2D eigenvalue weighted by molar-refractivity contribution is 0.152. The smallest absolute Gasteiger partial charge is 0.165 e. The zero-order chi connectivity index (χ0) is 11.4. The predicted molar refractivity (Wildman–Crippen MR) is 61.0 cm³/mol. The molecule has 1 aliphatic heterocycles. The van der Waals surface area contributed by atoms with E-state index in [4.69, 9.17) is 15.7 Å². The van der Waals surface area contributed by atoms with Crippen LogP contribution in [0.15, 0.2) is 12.1 Å². The van der Waals surface area contributed by atoms with E-state index in [-0.39, 0.29) is 0 Å². The van der Waals surface area contributed by atoms with E-state index in [0.717, 1.165) is 31.9 Å². The van der Waals surface area contributed by atoms with Crippen molar-refractivity contribution in [1.29, 1.82) is 5.26 Å². The van der Waals surface area contributed by atoms with Crippen LogP contribution in [0.1, 0.15) is 12.1 Å². The largest absolute Gasteiger partial charge is 0.396 e. The fourth-order valence-corrected chi connectivity index (χ4v) is 1.70. The molecular formula is C11H14N4O. The van der Waals surface area contributed by atoms with E-state index in [0.29, 0.717) is 18.0 Å². The normalized spacial score (nSPS) is 16.6. The second-order valence-corrected chi connectivity index (χ2v) is 3.67. The quantitative estimate of drug-likeness (QED) is 0.753. The highest BCUT2D eigenvalue weighted by Crippen LogP contribution is 2.17. The van der Waals surface area contributed by atoms with Gasteiger partial charge in [-0.25, -0.2) is 4.98 Å². The average molecular weight is 218 g/mol. The molecule has 1 fully saturated rings. The zero-order valence-corrected chi connectivity index (χ0v) is 9.02. The Kier molecular flexibility index (Phi) is 3.22. The predicted octanol–water partition coefficient (Wildman–Crippen LogP) is 0.762. The highest BCUT2D eigenvalue weighted by atomic mass is 16.5. The van der Waals surface area contributed by atoms with Crippen LogP contribution in [0.2, 0.25) is 0 Å². The van der Waals surface area contributed by atoms with E-state index >= 15 is 0 Å². The number of ether oxygens (including phenoxy) is 1. The summed E-state index contributed by atoms with van der Waals surface area (Å²) >= 11 is 0. The van der Waals surface area contributed by atoms with E-state index < -0.39 is 0 Å². The molecule has 2 heterocycles. The van der Waals surface area contributed by atoms with Crippen molar-refractivity contribution in [3.8, 4) is 6.07 Å². The van der Waals surface area contributed by atoms with Gasteiger partial charge in [-0.3, -0.25) is 0 Å². The van der Waals surface area contributed by atoms with Gasteiger partial charge >= 0.3 is 0 Å². The number of nitrogen functional groups attached to an aromatic ring is 1. The Bertz CT molecular complexity index is 405. The molecule has 2 rings (SSSR count). The summed E-state index contributed by atoms with van der Waals surface area (Å²) in [5.74, 6) is 0.802. The Morgan fingerprint density at radius 2 is 2.25 bits per heavy atom. The second-order valence-electron chi connectivity index (χ2n) is 3.67. The van der Waals surface area contributed by atoms with Crippen LogP contribution in [-0.2, 0) is 4.74 Å². The SMILES string of the molecule is N#Cc1nc(N2CCCOCC2)ccc1N. The lowest BCUT2D eigenvalue weighted by atomic mass is 10.3. The standard InChI is InChI=1S/C11H14N4O/c12-8-10-9(13)2-3-11(14-10)15-4-1-6-16-7-5-15/h2-3H,1,4-7,13H2. The molecule has 0 amide bonds. The van der Waals surface area contributed by atoms with E-state index in [1.54, 1.807) is 6.07 Å². The van der Waals surface area contributed by atoms with Crippen molar-refractivity contribution in [3.63, 3.8) is 0 Å². The fraction of sp³-hybridized carbons (Fsp3) is 0.455. The Morgan fingerprint density at radius 1 is 1.38 bits per heavy atom. The molecule has 2 N–H and O–H groups in total. The first-order chi connectivity index (χ1) is 7.81. The van der Waals surface area contributed by atoms with Crippen molar-refractivity contribution in [2.75, 3.05) is 36.9 Å². The molecule has 0 aliphatic carbocycles. The number of nitriles is 1. The number of rotatable bonds is 1. The van der Waals surface area contributed by atoms with Gasteiger partial charge in [0.25, 0.3) is 0 Å². The van der Waals surface area contributed by atoms with Crippen LogP contribution in [0.4, 0.5) is 11.5 Å². The highest BCUT2D eigenvalue weighted by molar-refractivity contribution is 5.55. The third-order valence-electron chi connectivity index (χ3n) is 2.56. The summed E-state index contributed by atoms with van der Waals surface area (Å²) in [5.41, 5.74) is 6.35. The number of nitrogens with two attached hydrogens (primary N) is 1. The zero-order valence-electron chi connectivity index (χ0n) is 9.02. The molecule has 0 atom stereocenters. The first kappa shape index (κ1) is 10.7. The molecule has 1 aromatic rings. The molecule has 5 heteroatoms. The Labute approximate surface area is 94.4 Å². The first-order valence-corrected chi connectivity index (χ1v) is 5.30. The van der Waals surface area contributed by atoms with E-state index in [9.17, 15) is 0 Å². The maximum atomic E-state index is 8.86. The van der Waals surface area contributed by atoms with Crippen LogP contribution < -0.4 is 10.6 Å². The van der Waals surface area contributed by atoms with Gasteiger partial charge in [0.05, 0.1) is 12.3 Å². The molecule has 5 nitrogen and oxygen atoms in total. The number of aromatic nitrogens is 1. The van der Waals surface area contributed by atoms with Crippen LogP contribution in [0.3, 0.4) is 0 Å². The minimum atomic E-state index is 0.294. The number of hydrogen-bond acceptors (Lipinski definition) is 5. The first-order valence-electron chi connectivity index (χ1n) is 5.30. The van der Waals surface area contributed by atoms with Gasteiger partial charge in [0, 0.05) is 19.7 Å². The molecule has 1 aromatic heterocycles. The van der Waals surface area contributed by atoms with Crippen LogP contribution in [0, 0.1) is 11.3 Å². The molecule has 84 valence electrons.